The van der Waals surface area contributed by atoms with Gasteiger partial charge in [-0.25, -0.2) is 4.79 Å². The lowest BCUT2D eigenvalue weighted by atomic mass is 10.2. The van der Waals surface area contributed by atoms with E-state index < -0.39 is 6.03 Å². The number of benzene rings is 2. The Kier molecular flexibility index (Phi) is 3.95. The smallest absolute Gasteiger partial charge is 0.316 e. The molecule has 20 heavy (non-hydrogen) atoms. The van der Waals surface area contributed by atoms with Crippen LogP contribution in [0.2, 0.25) is 0 Å². The molecule has 0 bridgehead atoms. The first-order valence-electron chi connectivity index (χ1n) is 5.96. The largest absolute Gasteiger partial charge is 0.504 e. The van der Waals surface area contributed by atoms with Gasteiger partial charge in [-0.2, -0.15) is 0 Å². The normalized spacial score (nSPS) is 10.0. The van der Waals surface area contributed by atoms with E-state index in [1.165, 1.54) is 6.07 Å². The first-order chi connectivity index (χ1) is 9.56. The molecule has 0 saturated carbocycles. The zero-order chi connectivity index (χ0) is 14.5. The fraction of sp³-hybridized carbons (Fsp3) is 0.0714. The molecule has 0 spiro atoms. The third-order valence-electron chi connectivity index (χ3n) is 2.71. The molecule has 6 heteroatoms. The highest BCUT2D eigenvalue weighted by Gasteiger charge is 2.05. The molecular formula is C14H15N3O3. The second-order valence-electron chi connectivity index (χ2n) is 4.21. The number of carbonyl (C=O) groups excluding carboxylic acids is 1. The van der Waals surface area contributed by atoms with Crippen molar-refractivity contribution in [2.24, 2.45) is 5.73 Å². The first-order valence-corrected chi connectivity index (χ1v) is 5.96. The van der Waals surface area contributed by atoms with Gasteiger partial charge in [0, 0.05) is 23.5 Å². The van der Waals surface area contributed by atoms with Crippen molar-refractivity contribution in [1.29, 1.82) is 0 Å². The SMILES string of the molecule is NC(=O)Nc1cccc(NCc2cccc(O)c2O)c1. The van der Waals surface area contributed by atoms with Crippen LogP contribution in [0.3, 0.4) is 0 Å². The van der Waals surface area contributed by atoms with Crippen LogP contribution in [0.5, 0.6) is 11.5 Å². The van der Waals surface area contributed by atoms with Crippen LogP contribution in [-0.4, -0.2) is 16.2 Å². The van der Waals surface area contributed by atoms with Gasteiger partial charge < -0.3 is 26.6 Å². The molecule has 0 heterocycles. The Bertz CT molecular complexity index is 629. The van der Waals surface area contributed by atoms with E-state index in [1.807, 2.05) is 6.07 Å². The van der Waals surface area contributed by atoms with Gasteiger partial charge in [-0.3, -0.25) is 0 Å². The Balaban J connectivity index is 2.07. The molecule has 2 aromatic rings. The Morgan fingerprint density at radius 1 is 1.10 bits per heavy atom. The standard InChI is InChI=1S/C14H15N3O3/c15-14(20)17-11-5-2-4-10(7-11)16-8-9-3-1-6-12(18)13(9)19/h1-7,16,18-19H,8H2,(H3,15,17,20). The van der Waals surface area contributed by atoms with E-state index in [9.17, 15) is 15.0 Å². The molecule has 0 radical (unpaired) electrons. The van der Waals surface area contributed by atoms with E-state index in [4.69, 9.17) is 5.73 Å². The van der Waals surface area contributed by atoms with E-state index in [0.717, 1.165) is 5.69 Å². The van der Waals surface area contributed by atoms with Crippen LogP contribution in [-0.2, 0) is 6.54 Å². The number of amides is 2. The molecule has 104 valence electrons. The van der Waals surface area contributed by atoms with Gasteiger partial charge >= 0.3 is 6.03 Å². The lowest BCUT2D eigenvalue weighted by Crippen LogP contribution is -2.19. The number of nitrogens with two attached hydrogens (primary N) is 1. The highest BCUT2D eigenvalue weighted by atomic mass is 16.3. The van der Waals surface area contributed by atoms with E-state index in [-0.39, 0.29) is 11.5 Å². The molecule has 2 amide bonds. The molecule has 2 rings (SSSR count). The maximum atomic E-state index is 10.8. The van der Waals surface area contributed by atoms with Crippen LogP contribution in [0, 0.1) is 0 Å². The Morgan fingerprint density at radius 2 is 1.80 bits per heavy atom. The van der Waals surface area contributed by atoms with Crippen molar-refractivity contribution in [2.75, 3.05) is 10.6 Å². The summed E-state index contributed by atoms with van der Waals surface area (Å²) < 4.78 is 0. The van der Waals surface area contributed by atoms with Gasteiger partial charge in [0.1, 0.15) is 0 Å². The van der Waals surface area contributed by atoms with Crippen LogP contribution < -0.4 is 16.4 Å². The van der Waals surface area contributed by atoms with Gasteiger partial charge in [-0.1, -0.05) is 18.2 Å². The summed E-state index contributed by atoms with van der Waals surface area (Å²) in [6, 6.07) is 11.1. The van der Waals surface area contributed by atoms with Crippen LogP contribution in [0.25, 0.3) is 0 Å². The number of hydrogen-bond acceptors (Lipinski definition) is 4. The van der Waals surface area contributed by atoms with Crippen molar-refractivity contribution in [1.82, 2.24) is 0 Å². The van der Waals surface area contributed by atoms with Gasteiger partial charge in [0.05, 0.1) is 0 Å². The van der Waals surface area contributed by atoms with E-state index in [1.54, 1.807) is 30.3 Å². The van der Waals surface area contributed by atoms with E-state index >= 15 is 0 Å². The summed E-state index contributed by atoms with van der Waals surface area (Å²) in [5.74, 6) is -0.306. The van der Waals surface area contributed by atoms with Gasteiger partial charge in [-0.15, -0.1) is 0 Å². The Labute approximate surface area is 115 Å². The topological polar surface area (TPSA) is 108 Å². The zero-order valence-corrected chi connectivity index (χ0v) is 10.6. The second-order valence-corrected chi connectivity index (χ2v) is 4.21. The van der Waals surface area contributed by atoms with Gasteiger partial charge in [0.2, 0.25) is 0 Å². The van der Waals surface area contributed by atoms with Gasteiger partial charge in [-0.05, 0) is 24.3 Å². The summed E-state index contributed by atoms with van der Waals surface area (Å²) in [5, 5.41) is 24.6. The fourth-order valence-corrected chi connectivity index (χ4v) is 1.77. The number of urea groups is 1. The van der Waals surface area contributed by atoms with E-state index in [2.05, 4.69) is 10.6 Å². The number of phenolic OH excluding ortho intramolecular Hbond substituents is 2. The maximum Gasteiger partial charge on any atom is 0.316 e. The van der Waals surface area contributed by atoms with Gasteiger partial charge in [0.15, 0.2) is 11.5 Å². The van der Waals surface area contributed by atoms with Crippen molar-refractivity contribution in [3.05, 3.63) is 48.0 Å². The number of anilines is 2. The third-order valence-corrected chi connectivity index (χ3v) is 2.71. The molecule has 0 aliphatic heterocycles. The predicted octanol–water partition coefficient (Wildman–Crippen LogP) is 2.20. The lowest BCUT2D eigenvalue weighted by molar-refractivity contribution is 0.259. The molecule has 0 aliphatic rings. The van der Waals surface area contributed by atoms with E-state index in [0.29, 0.717) is 17.8 Å². The predicted molar refractivity (Wildman–Crippen MR) is 76.7 cm³/mol. The average molecular weight is 273 g/mol. The molecule has 0 unspecified atom stereocenters. The summed E-state index contributed by atoms with van der Waals surface area (Å²) in [5.41, 5.74) is 6.93. The van der Waals surface area contributed by atoms with Crippen LogP contribution in [0.15, 0.2) is 42.5 Å². The third kappa shape index (κ3) is 3.32. The molecule has 0 aliphatic carbocycles. The molecule has 6 nitrogen and oxygen atoms in total. The minimum Gasteiger partial charge on any atom is -0.504 e. The number of carbonyl (C=O) groups is 1. The summed E-state index contributed by atoms with van der Waals surface area (Å²) in [6.45, 7) is 0.334. The summed E-state index contributed by atoms with van der Waals surface area (Å²) in [7, 11) is 0. The summed E-state index contributed by atoms with van der Waals surface area (Å²) in [4.78, 5) is 10.8. The Hall–Kier alpha value is -2.89. The molecular weight excluding hydrogens is 258 g/mol. The fourth-order valence-electron chi connectivity index (χ4n) is 1.77. The van der Waals surface area contributed by atoms with Crippen molar-refractivity contribution >= 4 is 17.4 Å². The molecule has 0 fully saturated rings. The lowest BCUT2D eigenvalue weighted by Gasteiger charge is -2.10. The van der Waals surface area contributed by atoms with Crippen molar-refractivity contribution in [3.8, 4) is 11.5 Å². The number of nitrogens with one attached hydrogen (secondary N) is 2. The maximum absolute atomic E-state index is 10.8. The van der Waals surface area contributed by atoms with Crippen LogP contribution >= 0.6 is 0 Å². The van der Waals surface area contributed by atoms with Crippen LogP contribution in [0.4, 0.5) is 16.2 Å². The Morgan fingerprint density at radius 3 is 2.55 bits per heavy atom. The van der Waals surface area contributed by atoms with Crippen molar-refractivity contribution in [3.63, 3.8) is 0 Å². The molecule has 0 atom stereocenters. The van der Waals surface area contributed by atoms with Gasteiger partial charge in [0.25, 0.3) is 0 Å². The molecule has 6 N–H and O–H groups in total. The first kappa shape index (κ1) is 13.5. The van der Waals surface area contributed by atoms with Crippen molar-refractivity contribution < 1.29 is 15.0 Å². The summed E-state index contributed by atoms with van der Waals surface area (Å²) in [6.07, 6.45) is 0. The minimum atomic E-state index is -0.632. The molecule has 0 saturated heterocycles. The van der Waals surface area contributed by atoms with Crippen molar-refractivity contribution in [2.45, 2.75) is 6.54 Å². The number of hydrogen-bond donors (Lipinski definition) is 5. The molecule has 2 aromatic carbocycles. The summed E-state index contributed by atoms with van der Waals surface area (Å²) >= 11 is 0. The quantitative estimate of drug-likeness (QED) is 0.550. The van der Waals surface area contributed by atoms with Crippen LogP contribution in [0.1, 0.15) is 5.56 Å². The number of aromatic hydroxyl groups is 2. The zero-order valence-electron chi connectivity index (χ0n) is 10.6. The number of phenols is 2. The molecule has 0 aromatic heterocycles. The minimum absolute atomic E-state index is 0.147. The highest BCUT2D eigenvalue weighted by Crippen LogP contribution is 2.28. The number of rotatable bonds is 4. The second kappa shape index (κ2) is 5.83. The average Bonchev–Trinajstić information content (AvgIpc) is 2.40. The number of para-hydroxylation sites is 1. The monoisotopic (exact) mass is 273 g/mol. The number of primary amides is 1. The highest BCUT2D eigenvalue weighted by molar-refractivity contribution is 5.88.